The Morgan fingerprint density at radius 1 is 1.00 bits per heavy atom. The first-order chi connectivity index (χ1) is 13.7. The molecule has 156 valence electrons. The molecule has 2 rings (SSSR count). The molecule has 10 heteroatoms. The van der Waals surface area contributed by atoms with Crippen LogP contribution in [0.1, 0.15) is 22.3 Å². The fourth-order valence-electron chi connectivity index (χ4n) is 2.53. The molecule has 0 aliphatic heterocycles. The number of esters is 1. The summed E-state index contributed by atoms with van der Waals surface area (Å²) in [4.78, 5) is 22.7. The van der Waals surface area contributed by atoms with Crippen LogP contribution in [0.3, 0.4) is 0 Å². The summed E-state index contributed by atoms with van der Waals surface area (Å²) in [7, 11) is -0.104. The van der Waals surface area contributed by atoms with Gasteiger partial charge < -0.3 is 19.3 Å². The van der Waals surface area contributed by atoms with Crippen LogP contribution in [-0.4, -0.2) is 46.8 Å². The summed E-state index contributed by atoms with van der Waals surface area (Å²) >= 11 is 0. The number of ether oxygens (including phenoxy) is 3. The van der Waals surface area contributed by atoms with E-state index in [0.717, 1.165) is 0 Å². The van der Waals surface area contributed by atoms with Gasteiger partial charge in [0.1, 0.15) is 0 Å². The SMILES string of the molecule is COC(=O)c1cc(OC)c(OC)cc1NS(=O)(=O)c1ccc(CCC(=O)O)cc1. The van der Waals surface area contributed by atoms with Gasteiger partial charge in [-0.15, -0.1) is 0 Å². The van der Waals surface area contributed by atoms with Crippen LogP contribution in [0.5, 0.6) is 11.5 Å². The first-order valence-electron chi connectivity index (χ1n) is 8.39. The first kappa shape index (κ1) is 22.0. The zero-order valence-electron chi connectivity index (χ0n) is 16.1. The van der Waals surface area contributed by atoms with Crippen molar-refractivity contribution in [1.82, 2.24) is 0 Å². The normalized spacial score (nSPS) is 10.9. The largest absolute Gasteiger partial charge is 0.493 e. The second-order valence-electron chi connectivity index (χ2n) is 5.89. The molecule has 9 nitrogen and oxygen atoms in total. The summed E-state index contributed by atoms with van der Waals surface area (Å²) in [6, 6.07) is 8.43. The Morgan fingerprint density at radius 3 is 2.10 bits per heavy atom. The minimum Gasteiger partial charge on any atom is -0.493 e. The quantitative estimate of drug-likeness (QED) is 0.588. The molecule has 0 atom stereocenters. The number of anilines is 1. The maximum atomic E-state index is 12.8. The van der Waals surface area contributed by atoms with Gasteiger partial charge in [0.05, 0.1) is 37.5 Å². The van der Waals surface area contributed by atoms with E-state index < -0.39 is 22.0 Å². The first-order valence-corrected chi connectivity index (χ1v) is 9.88. The topological polar surface area (TPSA) is 128 Å². The lowest BCUT2D eigenvalue weighted by Gasteiger charge is -2.15. The van der Waals surface area contributed by atoms with Crippen molar-refractivity contribution in [3.63, 3.8) is 0 Å². The number of carbonyl (C=O) groups excluding carboxylic acids is 1. The number of benzene rings is 2. The van der Waals surface area contributed by atoms with Crippen molar-refractivity contribution in [2.45, 2.75) is 17.7 Å². The lowest BCUT2D eigenvalue weighted by molar-refractivity contribution is -0.136. The minimum absolute atomic E-state index is 0.0375. The maximum Gasteiger partial charge on any atom is 0.340 e. The van der Waals surface area contributed by atoms with Crippen molar-refractivity contribution in [2.75, 3.05) is 26.1 Å². The number of rotatable bonds is 9. The van der Waals surface area contributed by atoms with Gasteiger partial charge in [-0.2, -0.15) is 0 Å². The van der Waals surface area contributed by atoms with Gasteiger partial charge in [0.15, 0.2) is 11.5 Å². The van der Waals surface area contributed by atoms with Gasteiger partial charge in [-0.3, -0.25) is 9.52 Å². The molecule has 0 saturated carbocycles. The van der Waals surface area contributed by atoms with Crippen LogP contribution in [0.25, 0.3) is 0 Å². The van der Waals surface area contributed by atoms with E-state index in [0.29, 0.717) is 5.56 Å². The molecule has 0 aromatic heterocycles. The number of aliphatic carboxylic acids is 1. The molecule has 0 spiro atoms. The monoisotopic (exact) mass is 423 g/mol. The Kier molecular flexibility index (Phi) is 7.05. The van der Waals surface area contributed by atoms with E-state index in [9.17, 15) is 18.0 Å². The van der Waals surface area contributed by atoms with Gasteiger partial charge in [-0.1, -0.05) is 12.1 Å². The molecule has 0 fully saturated rings. The highest BCUT2D eigenvalue weighted by Crippen LogP contribution is 2.34. The second kappa shape index (κ2) is 9.28. The molecule has 29 heavy (non-hydrogen) atoms. The van der Waals surface area contributed by atoms with E-state index in [1.165, 1.54) is 57.7 Å². The third-order valence-electron chi connectivity index (χ3n) is 4.03. The maximum absolute atomic E-state index is 12.8. The molecule has 2 N–H and O–H groups in total. The van der Waals surface area contributed by atoms with E-state index in [1.807, 2.05) is 0 Å². The average molecular weight is 423 g/mol. The summed E-state index contributed by atoms with van der Waals surface area (Å²) in [6.07, 6.45) is 0.226. The molecule has 0 bridgehead atoms. The number of hydrogen-bond acceptors (Lipinski definition) is 7. The van der Waals surface area contributed by atoms with Crippen LogP contribution in [0.2, 0.25) is 0 Å². The number of aryl methyl sites for hydroxylation is 1. The van der Waals surface area contributed by atoms with E-state index in [1.54, 1.807) is 0 Å². The smallest absolute Gasteiger partial charge is 0.340 e. The highest BCUT2D eigenvalue weighted by Gasteiger charge is 2.22. The third-order valence-corrected chi connectivity index (χ3v) is 5.42. The summed E-state index contributed by atoms with van der Waals surface area (Å²) < 4.78 is 42.9. The van der Waals surface area contributed by atoms with Crippen molar-refractivity contribution in [1.29, 1.82) is 0 Å². The molecule has 0 heterocycles. The number of carbonyl (C=O) groups is 2. The predicted molar refractivity (Wildman–Crippen MR) is 104 cm³/mol. The molecule has 0 radical (unpaired) electrons. The van der Waals surface area contributed by atoms with Crippen molar-refractivity contribution >= 4 is 27.6 Å². The number of carboxylic acids is 1. The summed E-state index contributed by atoms with van der Waals surface area (Å²) in [5.74, 6) is -1.24. The predicted octanol–water partition coefficient (Wildman–Crippen LogP) is 2.31. The molecular formula is C19H21NO8S. The van der Waals surface area contributed by atoms with Crippen molar-refractivity contribution in [3.05, 3.63) is 47.5 Å². The van der Waals surface area contributed by atoms with Crippen LogP contribution >= 0.6 is 0 Å². The highest BCUT2D eigenvalue weighted by molar-refractivity contribution is 7.92. The zero-order valence-corrected chi connectivity index (χ0v) is 16.9. The van der Waals surface area contributed by atoms with Gasteiger partial charge in [0, 0.05) is 18.6 Å². The Labute approximate surface area is 168 Å². The lowest BCUT2D eigenvalue weighted by Crippen LogP contribution is -2.16. The number of carboxylic acid groups (broad SMARTS) is 1. The van der Waals surface area contributed by atoms with Gasteiger partial charge in [0.2, 0.25) is 0 Å². The molecular weight excluding hydrogens is 402 g/mol. The number of hydrogen-bond donors (Lipinski definition) is 2. The Morgan fingerprint density at radius 2 is 1.59 bits per heavy atom. The van der Waals surface area contributed by atoms with Gasteiger partial charge in [-0.25, -0.2) is 13.2 Å². The third kappa shape index (κ3) is 5.38. The van der Waals surface area contributed by atoms with E-state index in [-0.39, 0.29) is 40.5 Å². The standard InChI is InChI=1S/C19H21NO8S/c1-26-16-10-14(19(23)28-3)15(11-17(16)27-2)20-29(24,25)13-7-4-12(5-8-13)6-9-18(21)22/h4-5,7-8,10-11,20H,6,9H2,1-3H3,(H,21,22). The Bertz CT molecular complexity index is 1000. The van der Waals surface area contributed by atoms with Gasteiger partial charge in [0.25, 0.3) is 10.0 Å². The molecule has 0 saturated heterocycles. The van der Waals surface area contributed by atoms with Crippen molar-refractivity contribution in [3.8, 4) is 11.5 Å². The average Bonchev–Trinajstić information content (AvgIpc) is 2.71. The Balaban J connectivity index is 2.38. The molecule has 2 aromatic carbocycles. The second-order valence-corrected chi connectivity index (χ2v) is 7.57. The summed E-state index contributed by atoms with van der Waals surface area (Å²) in [5, 5.41) is 8.73. The van der Waals surface area contributed by atoms with Crippen LogP contribution < -0.4 is 14.2 Å². The van der Waals surface area contributed by atoms with E-state index in [4.69, 9.17) is 19.3 Å². The molecule has 0 aliphatic carbocycles. The zero-order chi connectivity index (χ0) is 21.6. The highest BCUT2D eigenvalue weighted by atomic mass is 32.2. The van der Waals surface area contributed by atoms with Crippen molar-refractivity contribution < 1.29 is 37.3 Å². The number of nitrogens with one attached hydrogen (secondary N) is 1. The summed E-state index contributed by atoms with van der Waals surface area (Å²) in [5.41, 5.74) is 0.601. The molecule has 0 unspecified atom stereocenters. The lowest BCUT2D eigenvalue weighted by atomic mass is 10.1. The molecule has 0 amide bonds. The number of methoxy groups -OCH3 is 3. The summed E-state index contributed by atoms with van der Waals surface area (Å²) in [6.45, 7) is 0. The van der Waals surface area contributed by atoms with Gasteiger partial charge in [-0.05, 0) is 24.1 Å². The van der Waals surface area contributed by atoms with Crippen LogP contribution in [0.4, 0.5) is 5.69 Å². The number of sulfonamides is 1. The fourth-order valence-corrected chi connectivity index (χ4v) is 3.60. The van der Waals surface area contributed by atoms with E-state index in [2.05, 4.69) is 4.72 Å². The minimum atomic E-state index is -4.04. The fraction of sp³-hybridized carbons (Fsp3) is 0.263. The van der Waals surface area contributed by atoms with Crippen LogP contribution in [0, 0.1) is 0 Å². The molecule has 0 aliphatic rings. The molecule has 2 aromatic rings. The van der Waals surface area contributed by atoms with E-state index >= 15 is 0 Å². The van der Waals surface area contributed by atoms with Crippen molar-refractivity contribution in [2.24, 2.45) is 0 Å². The van der Waals surface area contributed by atoms with Gasteiger partial charge >= 0.3 is 11.9 Å². The van der Waals surface area contributed by atoms with Crippen LogP contribution in [-0.2, 0) is 26.0 Å². The Hall–Kier alpha value is -3.27. The van der Waals surface area contributed by atoms with Crippen LogP contribution in [0.15, 0.2) is 41.3 Å².